The minimum Gasteiger partial charge on any atom is -0.385 e. The van der Waals surface area contributed by atoms with Gasteiger partial charge in [0.25, 0.3) is 0 Å². The number of anilines is 2. The van der Waals surface area contributed by atoms with Crippen LogP contribution in [0.2, 0.25) is 0 Å². The van der Waals surface area contributed by atoms with Gasteiger partial charge in [0.2, 0.25) is 0 Å². The number of hydrogen-bond donors (Lipinski definition) is 1. The number of unbranched alkanes of at least 4 members (excludes halogenated alkanes) is 7. The van der Waals surface area contributed by atoms with E-state index in [2.05, 4.69) is 55.5 Å². The fraction of sp³-hybridized carbons (Fsp3) is 0.667. The van der Waals surface area contributed by atoms with E-state index in [0.717, 1.165) is 6.54 Å². The van der Waals surface area contributed by atoms with Crippen LogP contribution in [0.1, 0.15) is 58.3 Å². The smallest absolute Gasteiger partial charge is 0.0381 e. The minimum atomic E-state index is 1.09. The molecule has 0 radical (unpaired) electrons. The first kappa shape index (κ1) is 16.9. The first-order valence-electron chi connectivity index (χ1n) is 8.25. The predicted molar refractivity (Wildman–Crippen MR) is 91.9 cm³/mol. The molecule has 0 aliphatic rings. The van der Waals surface area contributed by atoms with Gasteiger partial charge in [-0.05, 0) is 24.6 Å². The maximum absolute atomic E-state index is 3.52. The lowest BCUT2D eigenvalue weighted by molar-refractivity contribution is 0.581. The van der Waals surface area contributed by atoms with Gasteiger partial charge >= 0.3 is 0 Å². The normalized spacial score (nSPS) is 10.6. The first-order chi connectivity index (χ1) is 9.74. The fourth-order valence-electron chi connectivity index (χ4n) is 2.39. The quantitative estimate of drug-likeness (QED) is 0.551. The lowest BCUT2D eigenvalue weighted by Crippen LogP contribution is -2.09. The Morgan fingerprint density at radius 1 is 0.900 bits per heavy atom. The largest absolute Gasteiger partial charge is 0.385 e. The van der Waals surface area contributed by atoms with Crippen molar-refractivity contribution in [2.75, 3.05) is 30.9 Å². The molecule has 0 bridgehead atoms. The zero-order chi connectivity index (χ0) is 14.6. The van der Waals surface area contributed by atoms with Gasteiger partial charge < -0.3 is 10.2 Å². The van der Waals surface area contributed by atoms with Gasteiger partial charge in [0.1, 0.15) is 0 Å². The highest BCUT2D eigenvalue weighted by Crippen LogP contribution is 2.17. The Kier molecular flexibility index (Phi) is 8.93. The second kappa shape index (κ2) is 10.6. The average Bonchev–Trinajstić information content (AvgIpc) is 2.46. The summed E-state index contributed by atoms with van der Waals surface area (Å²) in [4.78, 5) is 2.14. The van der Waals surface area contributed by atoms with Crippen LogP contribution in [0, 0.1) is 0 Å². The molecule has 0 saturated carbocycles. The van der Waals surface area contributed by atoms with Gasteiger partial charge in [-0.1, -0.05) is 57.9 Å². The molecule has 0 saturated heterocycles. The Balaban J connectivity index is 2.05. The molecule has 0 fully saturated rings. The predicted octanol–water partition coefficient (Wildman–Crippen LogP) is 5.31. The molecule has 0 aromatic heterocycles. The van der Waals surface area contributed by atoms with Crippen LogP contribution in [0.15, 0.2) is 24.3 Å². The van der Waals surface area contributed by atoms with Crippen molar-refractivity contribution in [2.24, 2.45) is 0 Å². The number of hydrogen-bond acceptors (Lipinski definition) is 2. The Morgan fingerprint density at radius 2 is 1.55 bits per heavy atom. The van der Waals surface area contributed by atoms with Crippen LogP contribution in [0.5, 0.6) is 0 Å². The summed E-state index contributed by atoms with van der Waals surface area (Å²) in [6.07, 6.45) is 11.0. The molecule has 0 aliphatic carbocycles. The highest BCUT2D eigenvalue weighted by molar-refractivity contribution is 5.57. The molecule has 0 heterocycles. The molecular formula is C18H32N2. The Bertz CT molecular complexity index is 347. The summed E-state index contributed by atoms with van der Waals surface area (Å²) in [7, 11) is 4.16. The van der Waals surface area contributed by atoms with Crippen LogP contribution in [0.3, 0.4) is 0 Å². The van der Waals surface area contributed by atoms with Crippen molar-refractivity contribution in [1.82, 2.24) is 0 Å². The Labute approximate surface area is 125 Å². The number of nitrogens with zero attached hydrogens (tertiary/aromatic N) is 1. The van der Waals surface area contributed by atoms with Crippen LogP contribution in [-0.4, -0.2) is 20.6 Å². The summed E-state index contributed by atoms with van der Waals surface area (Å²) >= 11 is 0. The second-order valence-electron chi connectivity index (χ2n) is 5.85. The van der Waals surface area contributed by atoms with E-state index >= 15 is 0 Å². The molecule has 0 amide bonds. The number of rotatable bonds is 11. The number of nitrogens with one attached hydrogen (secondary N) is 1. The molecule has 1 aromatic rings. The first-order valence-corrected chi connectivity index (χ1v) is 8.25. The third-order valence-corrected chi connectivity index (χ3v) is 3.72. The summed E-state index contributed by atoms with van der Waals surface area (Å²) in [5.74, 6) is 0. The van der Waals surface area contributed by atoms with Crippen molar-refractivity contribution >= 4 is 11.4 Å². The van der Waals surface area contributed by atoms with Gasteiger partial charge in [-0.2, -0.15) is 0 Å². The molecule has 2 nitrogen and oxygen atoms in total. The van der Waals surface area contributed by atoms with E-state index < -0.39 is 0 Å². The van der Waals surface area contributed by atoms with Gasteiger partial charge in [0, 0.05) is 32.0 Å². The highest BCUT2D eigenvalue weighted by atomic mass is 15.1. The van der Waals surface area contributed by atoms with E-state index in [1.54, 1.807) is 0 Å². The van der Waals surface area contributed by atoms with Crippen LogP contribution in [-0.2, 0) is 0 Å². The monoisotopic (exact) mass is 276 g/mol. The molecule has 1 rings (SSSR count). The maximum Gasteiger partial charge on any atom is 0.0381 e. The summed E-state index contributed by atoms with van der Waals surface area (Å²) in [5, 5.41) is 3.52. The average molecular weight is 276 g/mol. The minimum absolute atomic E-state index is 1.09. The summed E-state index contributed by atoms with van der Waals surface area (Å²) in [6.45, 7) is 3.36. The van der Waals surface area contributed by atoms with Crippen molar-refractivity contribution in [1.29, 1.82) is 0 Å². The third kappa shape index (κ3) is 7.42. The maximum atomic E-state index is 3.52. The molecule has 0 spiro atoms. The van der Waals surface area contributed by atoms with Gasteiger partial charge in [0.15, 0.2) is 0 Å². The van der Waals surface area contributed by atoms with Crippen molar-refractivity contribution < 1.29 is 0 Å². The Hall–Kier alpha value is -1.18. The lowest BCUT2D eigenvalue weighted by atomic mass is 10.1. The van der Waals surface area contributed by atoms with Crippen LogP contribution in [0.25, 0.3) is 0 Å². The van der Waals surface area contributed by atoms with Gasteiger partial charge in [-0.15, -0.1) is 0 Å². The van der Waals surface area contributed by atoms with Crippen LogP contribution >= 0.6 is 0 Å². The zero-order valence-corrected chi connectivity index (χ0v) is 13.6. The topological polar surface area (TPSA) is 15.3 Å². The van der Waals surface area contributed by atoms with Gasteiger partial charge in [-0.25, -0.2) is 0 Å². The van der Waals surface area contributed by atoms with Gasteiger partial charge in [-0.3, -0.25) is 0 Å². The molecular weight excluding hydrogens is 244 g/mol. The molecule has 114 valence electrons. The van der Waals surface area contributed by atoms with E-state index in [-0.39, 0.29) is 0 Å². The van der Waals surface area contributed by atoms with E-state index in [1.807, 2.05) is 0 Å². The van der Waals surface area contributed by atoms with E-state index in [0.29, 0.717) is 0 Å². The molecule has 20 heavy (non-hydrogen) atoms. The van der Waals surface area contributed by atoms with Crippen LogP contribution < -0.4 is 10.2 Å². The SMILES string of the molecule is CCCCCCCCCCNc1cccc(N(C)C)c1. The third-order valence-electron chi connectivity index (χ3n) is 3.72. The van der Waals surface area contributed by atoms with Gasteiger partial charge in [0.05, 0.1) is 0 Å². The molecule has 0 aliphatic heterocycles. The highest BCUT2D eigenvalue weighted by Gasteiger charge is 1.97. The van der Waals surface area contributed by atoms with E-state index in [1.165, 1.54) is 62.7 Å². The second-order valence-corrected chi connectivity index (χ2v) is 5.85. The lowest BCUT2D eigenvalue weighted by Gasteiger charge is -2.14. The fourth-order valence-corrected chi connectivity index (χ4v) is 2.39. The van der Waals surface area contributed by atoms with E-state index in [4.69, 9.17) is 0 Å². The molecule has 0 unspecified atom stereocenters. The molecule has 1 N–H and O–H groups in total. The van der Waals surface area contributed by atoms with Crippen molar-refractivity contribution in [3.8, 4) is 0 Å². The Morgan fingerprint density at radius 3 is 2.20 bits per heavy atom. The van der Waals surface area contributed by atoms with Crippen molar-refractivity contribution in [3.63, 3.8) is 0 Å². The molecule has 2 heteroatoms. The molecule has 1 aromatic carbocycles. The van der Waals surface area contributed by atoms with E-state index in [9.17, 15) is 0 Å². The van der Waals surface area contributed by atoms with Crippen molar-refractivity contribution in [2.45, 2.75) is 58.3 Å². The van der Waals surface area contributed by atoms with Crippen molar-refractivity contribution in [3.05, 3.63) is 24.3 Å². The summed E-state index contributed by atoms with van der Waals surface area (Å²) < 4.78 is 0. The molecule has 0 atom stereocenters. The summed E-state index contributed by atoms with van der Waals surface area (Å²) in [6, 6.07) is 8.62. The standard InChI is InChI=1S/C18H32N2/c1-4-5-6-7-8-9-10-11-15-19-17-13-12-14-18(16-17)20(2)3/h12-14,16,19H,4-11,15H2,1-3H3. The summed E-state index contributed by atoms with van der Waals surface area (Å²) in [5.41, 5.74) is 2.49. The van der Waals surface area contributed by atoms with Crippen LogP contribution in [0.4, 0.5) is 11.4 Å². The zero-order valence-electron chi connectivity index (χ0n) is 13.6. The number of benzene rings is 1.